The lowest BCUT2D eigenvalue weighted by atomic mass is 9.98. The Morgan fingerprint density at radius 2 is 1.87 bits per heavy atom. The first kappa shape index (κ1) is 21.6. The molecule has 3 rings (SSSR count). The molecule has 7 nitrogen and oxygen atoms in total. The van der Waals surface area contributed by atoms with Crippen LogP contribution in [0.25, 0.3) is 0 Å². The van der Waals surface area contributed by atoms with Crippen molar-refractivity contribution in [3.8, 4) is 0 Å². The highest BCUT2D eigenvalue weighted by Crippen LogP contribution is 2.27. The summed E-state index contributed by atoms with van der Waals surface area (Å²) in [6, 6.07) is 15.4. The van der Waals surface area contributed by atoms with Gasteiger partial charge in [-0.3, -0.25) is 10.1 Å². The molecule has 2 unspecified atom stereocenters. The fraction of sp³-hybridized carbons (Fsp3) is 0.391. The summed E-state index contributed by atoms with van der Waals surface area (Å²) in [5.41, 5.74) is 4.17. The van der Waals surface area contributed by atoms with Gasteiger partial charge in [-0.15, -0.1) is 5.10 Å². The van der Waals surface area contributed by atoms with Gasteiger partial charge in [-0.25, -0.2) is 4.68 Å². The molecule has 0 spiro atoms. The average Bonchev–Trinajstić information content (AvgIpc) is 3.18. The number of aromatic nitrogens is 4. The standard InChI is InChI=1S/C23H29N5O2/c1-4-5-13-28-23(25-26-27-28)22(18-11-9-16(2)10-12-18)24-20(15-21(29)30)19-8-6-7-17(3)14-19/h6-12,14,20,22,24H,4-5,13,15H2,1-3H3,(H,29,30). The second kappa shape index (κ2) is 10.1. The maximum atomic E-state index is 11.6. The molecule has 0 saturated carbocycles. The van der Waals surface area contributed by atoms with Gasteiger partial charge in [0.25, 0.3) is 0 Å². The molecule has 0 saturated heterocycles. The van der Waals surface area contributed by atoms with E-state index in [0.29, 0.717) is 5.82 Å². The first-order chi connectivity index (χ1) is 14.5. The van der Waals surface area contributed by atoms with E-state index in [4.69, 9.17) is 0 Å². The average molecular weight is 408 g/mol. The number of benzene rings is 2. The quantitative estimate of drug-likeness (QED) is 0.528. The molecule has 2 aromatic carbocycles. The molecule has 0 fully saturated rings. The third-order valence-corrected chi connectivity index (χ3v) is 5.14. The first-order valence-electron chi connectivity index (χ1n) is 10.3. The summed E-state index contributed by atoms with van der Waals surface area (Å²) in [6.45, 7) is 6.89. The molecule has 0 bridgehead atoms. The smallest absolute Gasteiger partial charge is 0.305 e. The van der Waals surface area contributed by atoms with Crippen LogP contribution < -0.4 is 5.32 Å². The van der Waals surface area contributed by atoms with Gasteiger partial charge in [-0.05, 0) is 41.8 Å². The molecule has 2 N–H and O–H groups in total. The van der Waals surface area contributed by atoms with Gasteiger partial charge in [0.15, 0.2) is 5.82 Å². The number of aryl methyl sites for hydroxylation is 3. The lowest BCUT2D eigenvalue weighted by Gasteiger charge is -2.25. The molecule has 7 heteroatoms. The van der Waals surface area contributed by atoms with Gasteiger partial charge >= 0.3 is 5.97 Å². The van der Waals surface area contributed by atoms with Gasteiger partial charge in [0, 0.05) is 12.6 Å². The van der Waals surface area contributed by atoms with E-state index in [-0.39, 0.29) is 18.5 Å². The Bertz CT molecular complexity index is 968. The summed E-state index contributed by atoms with van der Waals surface area (Å²) in [5, 5.41) is 25.5. The lowest BCUT2D eigenvalue weighted by Crippen LogP contribution is -2.31. The van der Waals surface area contributed by atoms with Gasteiger partial charge < -0.3 is 5.11 Å². The zero-order chi connectivity index (χ0) is 21.5. The van der Waals surface area contributed by atoms with Crippen molar-refractivity contribution in [2.45, 2.75) is 58.7 Å². The highest BCUT2D eigenvalue weighted by atomic mass is 16.4. The molecule has 0 amide bonds. The Kier molecular flexibility index (Phi) is 7.30. The number of carbonyl (C=O) groups is 1. The van der Waals surface area contributed by atoms with Crippen molar-refractivity contribution in [2.75, 3.05) is 0 Å². The largest absolute Gasteiger partial charge is 0.481 e. The molecule has 30 heavy (non-hydrogen) atoms. The third kappa shape index (κ3) is 5.51. The van der Waals surface area contributed by atoms with Crippen molar-refractivity contribution in [3.05, 3.63) is 76.6 Å². The van der Waals surface area contributed by atoms with Crippen molar-refractivity contribution in [1.82, 2.24) is 25.5 Å². The van der Waals surface area contributed by atoms with Gasteiger partial charge in [-0.1, -0.05) is 73.0 Å². The SMILES string of the molecule is CCCCn1nnnc1C(NC(CC(=O)O)c1cccc(C)c1)c1ccc(C)cc1. The van der Waals surface area contributed by atoms with Crippen LogP contribution in [-0.2, 0) is 11.3 Å². The Balaban J connectivity index is 2.01. The van der Waals surface area contributed by atoms with Gasteiger partial charge in [0.05, 0.1) is 12.5 Å². The monoisotopic (exact) mass is 407 g/mol. The summed E-state index contributed by atoms with van der Waals surface area (Å²) in [5.74, 6) is -0.169. The Labute approximate surface area is 177 Å². The van der Waals surface area contributed by atoms with E-state index in [1.807, 2.05) is 67.1 Å². The van der Waals surface area contributed by atoms with Crippen LogP contribution in [0, 0.1) is 13.8 Å². The van der Waals surface area contributed by atoms with Crippen LogP contribution in [0.2, 0.25) is 0 Å². The van der Waals surface area contributed by atoms with Crippen LogP contribution in [0.1, 0.15) is 66.3 Å². The molecule has 0 aliphatic carbocycles. The molecular weight excluding hydrogens is 378 g/mol. The Morgan fingerprint density at radius 3 is 2.53 bits per heavy atom. The summed E-state index contributed by atoms with van der Waals surface area (Å²) < 4.78 is 1.81. The number of hydrogen-bond acceptors (Lipinski definition) is 5. The summed E-state index contributed by atoms with van der Waals surface area (Å²) in [6.07, 6.45) is 1.96. The Morgan fingerprint density at radius 1 is 1.10 bits per heavy atom. The van der Waals surface area contributed by atoms with E-state index in [0.717, 1.165) is 41.6 Å². The predicted molar refractivity (Wildman–Crippen MR) is 115 cm³/mol. The number of aliphatic carboxylic acids is 1. The van der Waals surface area contributed by atoms with Gasteiger partial charge in [0.1, 0.15) is 0 Å². The minimum Gasteiger partial charge on any atom is -0.481 e. The topological polar surface area (TPSA) is 92.9 Å². The summed E-state index contributed by atoms with van der Waals surface area (Å²) in [7, 11) is 0. The minimum absolute atomic E-state index is 0.0393. The highest BCUT2D eigenvalue weighted by Gasteiger charge is 2.26. The lowest BCUT2D eigenvalue weighted by molar-refractivity contribution is -0.137. The summed E-state index contributed by atoms with van der Waals surface area (Å²) >= 11 is 0. The van der Waals surface area contributed by atoms with Crippen LogP contribution in [0.4, 0.5) is 0 Å². The van der Waals surface area contributed by atoms with Crippen LogP contribution in [0.5, 0.6) is 0 Å². The fourth-order valence-corrected chi connectivity index (χ4v) is 3.50. The molecule has 0 aliphatic rings. The van der Waals surface area contributed by atoms with Crippen molar-refractivity contribution in [1.29, 1.82) is 0 Å². The van der Waals surface area contributed by atoms with Crippen LogP contribution >= 0.6 is 0 Å². The van der Waals surface area contributed by atoms with Crippen molar-refractivity contribution < 1.29 is 9.90 Å². The van der Waals surface area contributed by atoms with E-state index >= 15 is 0 Å². The molecule has 158 valence electrons. The van der Waals surface area contributed by atoms with E-state index in [1.165, 1.54) is 0 Å². The maximum Gasteiger partial charge on any atom is 0.305 e. The van der Waals surface area contributed by atoms with E-state index in [1.54, 1.807) is 0 Å². The molecule has 3 aromatic rings. The zero-order valence-corrected chi connectivity index (χ0v) is 17.7. The molecule has 0 aliphatic heterocycles. The number of carboxylic acid groups (broad SMARTS) is 1. The third-order valence-electron chi connectivity index (χ3n) is 5.14. The Hall–Kier alpha value is -3.06. The first-order valence-corrected chi connectivity index (χ1v) is 10.3. The number of hydrogen-bond donors (Lipinski definition) is 2. The normalized spacial score (nSPS) is 13.2. The number of nitrogens with zero attached hydrogens (tertiary/aromatic N) is 4. The maximum absolute atomic E-state index is 11.6. The zero-order valence-electron chi connectivity index (χ0n) is 17.7. The number of carboxylic acids is 1. The second-order valence-electron chi connectivity index (χ2n) is 7.69. The second-order valence-corrected chi connectivity index (χ2v) is 7.69. The van der Waals surface area contributed by atoms with Crippen molar-refractivity contribution in [2.24, 2.45) is 0 Å². The van der Waals surface area contributed by atoms with Crippen molar-refractivity contribution >= 4 is 5.97 Å². The molecular formula is C23H29N5O2. The molecule has 2 atom stereocenters. The minimum atomic E-state index is -0.859. The summed E-state index contributed by atoms with van der Waals surface area (Å²) in [4.78, 5) is 11.6. The van der Waals surface area contributed by atoms with Crippen LogP contribution in [0.15, 0.2) is 48.5 Å². The van der Waals surface area contributed by atoms with E-state index in [9.17, 15) is 9.90 Å². The van der Waals surface area contributed by atoms with Gasteiger partial charge in [0.2, 0.25) is 0 Å². The van der Waals surface area contributed by atoms with Crippen molar-refractivity contribution in [3.63, 3.8) is 0 Å². The molecule has 1 aromatic heterocycles. The highest BCUT2D eigenvalue weighted by molar-refractivity contribution is 5.68. The van der Waals surface area contributed by atoms with Gasteiger partial charge in [-0.2, -0.15) is 0 Å². The number of rotatable bonds is 10. The van der Waals surface area contributed by atoms with Crippen LogP contribution in [-0.4, -0.2) is 31.3 Å². The molecule has 0 radical (unpaired) electrons. The molecule has 1 heterocycles. The number of unbranched alkanes of at least 4 members (excludes halogenated alkanes) is 1. The number of nitrogens with one attached hydrogen (secondary N) is 1. The van der Waals surface area contributed by atoms with E-state index in [2.05, 4.69) is 27.8 Å². The van der Waals surface area contributed by atoms with E-state index < -0.39 is 5.97 Å². The van der Waals surface area contributed by atoms with Crippen LogP contribution in [0.3, 0.4) is 0 Å². The predicted octanol–water partition coefficient (Wildman–Crippen LogP) is 3.99. The number of tetrazole rings is 1. The fourth-order valence-electron chi connectivity index (χ4n) is 3.50.